The normalized spacial score (nSPS) is 13.9. The van der Waals surface area contributed by atoms with Crippen LogP contribution in [0.25, 0.3) is 0 Å². The third kappa shape index (κ3) is 16.4. The van der Waals surface area contributed by atoms with Crippen molar-refractivity contribution in [2.45, 2.75) is 112 Å². The molecule has 0 heterocycles. The van der Waals surface area contributed by atoms with Gasteiger partial charge in [-0.1, -0.05) is 27.7 Å². The van der Waals surface area contributed by atoms with Crippen molar-refractivity contribution in [1.82, 2.24) is 10.6 Å². The van der Waals surface area contributed by atoms with E-state index in [2.05, 4.69) is 10.6 Å². The highest BCUT2D eigenvalue weighted by Gasteiger charge is 2.32. The summed E-state index contributed by atoms with van der Waals surface area (Å²) in [7, 11) is 0. The van der Waals surface area contributed by atoms with Gasteiger partial charge in [-0.3, -0.25) is 9.59 Å². The Hall–Kier alpha value is -3.58. The number of hydrogen-bond donors (Lipinski definition) is 3. The second-order valence-electron chi connectivity index (χ2n) is 11.6. The third-order valence-electron chi connectivity index (χ3n) is 4.59. The molecule has 0 aromatic carbocycles. The highest BCUT2D eigenvalue weighted by Crippen LogP contribution is 2.14. The van der Waals surface area contributed by atoms with E-state index >= 15 is 0 Å². The summed E-state index contributed by atoms with van der Waals surface area (Å²) in [5.74, 6) is -5.35. The summed E-state index contributed by atoms with van der Waals surface area (Å²) in [5.41, 5.74) is -1.63. The van der Waals surface area contributed by atoms with Crippen molar-refractivity contribution in [3.63, 3.8) is 0 Å². The molecule has 230 valence electrons. The van der Waals surface area contributed by atoms with Gasteiger partial charge < -0.3 is 39.4 Å². The molecule has 0 spiro atoms. The van der Waals surface area contributed by atoms with Crippen molar-refractivity contribution in [2.75, 3.05) is 6.61 Å². The number of carbonyl (C=O) groups is 6. The van der Waals surface area contributed by atoms with Crippen LogP contribution in [0.1, 0.15) is 82.1 Å². The highest BCUT2D eigenvalue weighted by atomic mass is 16.7. The first kappa shape index (κ1) is 36.4. The molecule has 1 unspecified atom stereocenters. The molecule has 3 N–H and O–H groups in total. The van der Waals surface area contributed by atoms with Crippen molar-refractivity contribution >= 4 is 36.1 Å². The van der Waals surface area contributed by atoms with Gasteiger partial charge >= 0.3 is 36.1 Å². The Bertz CT molecular complexity index is 902. The van der Waals surface area contributed by atoms with Gasteiger partial charge in [0, 0.05) is 0 Å². The van der Waals surface area contributed by atoms with Gasteiger partial charge in [-0.05, 0) is 53.4 Å². The highest BCUT2D eigenvalue weighted by molar-refractivity contribution is 5.90. The topological polar surface area (TPSA) is 193 Å². The van der Waals surface area contributed by atoms with E-state index in [4.69, 9.17) is 28.8 Å². The average molecular weight is 577 g/mol. The number of alkyl carbamates (subject to hydrolysis) is 2. The molecule has 0 rings (SSSR count). The van der Waals surface area contributed by atoms with E-state index in [0.717, 1.165) is 0 Å². The van der Waals surface area contributed by atoms with Gasteiger partial charge in [0.15, 0.2) is 0 Å². The van der Waals surface area contributed by atoms with E-state index in [1.807, 2.05) is 0 Å². The van der Waals surface area contributed by atoms with Crippen LogP contribution >= 0.6 is 0 Å². The molecule has 0 radical (unpaired) electrons. The van der Waals surface area contributed by atoms with Gasteiger partial charge in [-0.2, -0.15) is 0 Å². The number of aliphatic carboxylic acids is 1. The van der Waals surface area contributed by atoms with Crippen LogP contribution in [0.4, 0.5) is 9.59 Å². The fourth-order valence-corrected chi connectivity index (χ4v) is 2.87. The van der Waals surface area contributed by atoms with Gasteiger partial charge in [-0.15, -0.1) is 0 Å². The lowest BCUT2D eigenvalue weighted by atomic mass is 10.1. The Kier molecular flexibility index (Phi) is 14.5. The minimum Gasteiger partial charge on any atom is -0.481 e. The van der Waals surface area contributed by atoms with Crippen LogP contribution in [-0.4, -0.2) is 77.4 Å². The Morgan fingerprint density at radius 1 is 0.700 bits per heavy atom. The first-order chi connectivity index (χ1) is 18.1. The van der Waals surface area contributed by atoms with Gasteiger partial charge in [0.05, 0.1) is 13.0 Å². The van der Waals surface area contributed by atoms with Crippen molar-refractivity contribution in [1.29, 1.82) is 0 Å². The van der Waals surface area contributed by atoms with Gasteiger partial charge in [0.25, 0.3) is 6.29 Å². The number of rotatable bonds is 13. The summed E-state index contributed by atoms with van der Waals surface area (Å²) in [4.78, 5) is 72.7. The quantitative estimate of drug-likeness (QED) is 0.126. The Balaban J connectivity index is 5.46. The first-order valence-corrected chi connectivity index (χ1v) is 12.9. The van der Waals surface area contributed by atoms with Gasteiger partial charge in [0.1, 0.15) is 29.7 Å². The number of esters is 3. The Morgan fingerprint density at radius 3 is 1.50 bits per heavy atom. The smallest absolute Gasteiger partial charge is 0.408 e. The monoisotopic (exact) mass is 576 g/mol. The van der Waals surface area contributed by atoms with Crippen molar-refractivity contribution in [3.05, 3.63) is 0 Å². The summed E-state index contributed by atoms with van der Waals surface area (Å²) in [6, 6.07) is -2.28. The van der Waals surface area contributed by atoms with Crippen molar-refractivity contribution < 1.29 is 57.6 Å². The lowest BCUT2D eigenvalue weighted by Gasteiger charge is -2.27. The number of carbonyl (C=O) groups excluding carboxylic acids is 5. The predicted molar refractivity (Wildman–Crippen MR) is 140 cm³/mol. The van der Waals surface area contributed by atoms with E-state index in [0.29, 0.717) is 0 Å². The molecular formula is C26H44N2O12. The Labute approximate surface area is 234 Å². The molecular weight excluding hydrogens is 532 g/mol. The maximum absolute atomic E-state index is 12.9. The third-order valence-corrected chi connectivity index (χ3v) is 4.59. The molecule has 0 aliphatic rings. The van der Waals surface area contributed by atoms with Gasteiger partial charge in [-0.25, -0.2) is 19.2 Å². The maximum atomic E-state index is 12.9. The molecule has 14 nitrogen and oxygen atoms in total. The van der Waals surface area contributed by atoms with Crippen LogP contribution in [0.15, 0.2) is 0 Å². The SMILES string of the molecule is CC(C)[C@H](NC(=O)OC(C)(C)C)C(=O)OCCC(OC(=O)CC(=O)O)OC(=O)[C@@H](NC(=O)OC(C)(C)C)C(C)C. The first-order valence-electron chi connectivity index (χ1n) is 12.9. The molecule has 0 aromatic heterocycles. The average Bonchev–Trinajstić information content (AvgIpc) is 2.71. The number of carboxylic acids is 1. The van der Waals surface area contributed by atoms with Crippen LogP contribution in [0, 0.1) is 11.8 Å². The van der Waals surface area contributed by atoms with Crippen molar-refractivity contribution in [2.24, 2.45) is 11.8 Å². The summed E-state index contributed by atoms with van der Waals surface area (Å²) >= 11 is 0. The molecule has 0 saturated carbocycles. The largest absolute Gasteiger partial charge is 0.481 e. The van der Waals surface area contributed by atoms with Crippen LogP contribution in [0.2, 0.25) is 0 Å². The summed E-state index contributed by atoms with van der Waals surface area (Å²) in [6.45, 7) is 16.1. The second-order valence-corrected chi connectivity index (χ2v) is 11.6. The number of hydrogen-bond acceptors (Lipinski definition) is 11. The fraction of sp³-hybridized carbons (Fsp3) is 0.769. The number of ether oxygens (including phenoxy) is 5. The minimum absolute atomic E-state index is 0.364. The molecule has 0 aromatic rings. The van der Waals surface area contributed by atoms with E-state index in [1.54, 1.807) is 69.2 Å². The Morgan fingerprint density at radius 2 is 1.12 bits per heavy atom. The molecule has 0 saturated heterocycles. The van der Waals surface area contributed by atoms with Crippen LogP contribution < -0.4 is 10.6 Å². The lowest BCUT2D eigenvalue weighted by Crippen LogP contribution is -2.48. The lowest BCUT2D eigenvalue weighted by molar-refractivity contribution is -0.193. The fourth-order valence-electron chi connectivity index (χ4n) is 2.87. The molecule has 2 amide bonds. The summed E-state index contributed by atoms with van der Waals surface area (Å²) in [5, 5.41) is 13.7. The van der Waals surface area contributed by atoms with Crippen LogP contribution in [-0.2, 0) is 42.9 Å². The summed E-state index contributed by atoms with van der Waals surface area (Å²) < 4.78 is 25.7. The molecule has 14 heteroatoms. The zero-order chi connectivity index (χ0) is 31.4. The van der Waals surface area contributed by atoms with E-state index in [1.165, 1.54) is 0 Å². The van der Waals surface area contributed by atoms with Crippen molar-refractivity contribution in [3.8, 4) is 0 Å². The maximum Gasteiger partial charge on any atom is 0.408 e. The van der Waals surface area contributed by atoms with E-state index in [9.17, 15) is 28.8 Å². The van der Waals surface area contributed by atoms with Crippen LogP contribution in [0.5, 0.6) is 0 Å². The molecule has 0 fully saturated rings. The molecule has 0 aliphatic carbocycles. The minimum atomic E-state index is -1.65. The second kappa shape index (κ2) is 15.9. The summed E-state index contributed by atoms with van der Waals surface area (Å²) in [6.07, 6.45) is -4.72. The zero-order valence-electron chi connectivity index (χ0n) is 24.9. The molecule has 0 aliphatic heterocycles. The van der Waals surface area contributed by atoms with Crippen LogP contribution in [0.3, 0.4) is 0 Å². The molecule has 40 heavy (non-hydrogen) atoms. The van der Waals surface area contributed by atoms with E-state index < -0.39 is 84.6 Å². The van der Waals surface area contributed by atoms with Gasteiger partial charge in [0.2, 0.25) is 0 Å². The number of amides is 2. The zero-order valence-corrected chi connectivity index (χ0v) is 24.9. The molecule has 0 bridgehead atoms. The predicted octanol–water partition coefficient (Wildman–Crippen LogP) is 2.91. The standard InChI is InChI=1S/C26H44N2O12/c1-14(2)19(27-23(34)39-25(5,6)7)21(32)36-12-11-18(37-17(31)13-16(29)30)38-22(33)20(15(3)4)28-24(35)40-26(8,9)10/h14-15,18-20H,11-13H2,1-10H3,(H,27,34)(H,28,35)(H,29,30)/t18?,19-,20-/m0/s1. The number of carboxylic acid groups (broad SMARTS) is 1. The number of nitrogens with one attached hydrogen (secondary N) is 2. The van der Waals surface area contributed by atoms with E-state index in [-0.39, 0.29) is 12.3 Å². The molecule has 3 atom stereocenters.